The summed E-state index contributed by atoms with van der Waals surface area (Å²) < 4.78 is 0. The molecule has 0 radical (unpaired) electrons. The van der Waals surface area contributed by atoms with Gasteiger partial charge in [0.05, 0.1) is 6.42 Å². The fourth-order valence-electron chi connectivity index (χ4n) is 1.88. The molecule has 0 saturated carbocycles. The third kappa shape index (κ3) is 4.47. The summed E-state index contributed by atoms with van der Waals surface area (Å²) in [6, 6.07) is 0.0431. The van der Waals surface area contributed by atoms with E-state index in [0.717, 1.165) is 12.8 Å². The van der Waals surface area contributed by atoms with Crippen molar-refractivity contribution in [3.63, 3.8) is 0 Å². The van der Waals surface area contributed by atoms with E-state index in [2.05, 4.69) is 11.4 Å². The van der Waals surface area contributed by atoms with Gasteiger partial charge in [-0.2, -0.15) is 0 Å². The third-order valence-electron chi connectivity index (χ3n) is 2.83. The summed E-state index contributed by atoms with van der Waals surface area (Å²) >= 11 is 0. The Balaban J connectivity index is 2.32. The smallest absolute Gasteiger partial charge is 0.303 e. The molecular formula is C12H19NO3. The monoisotopic (exact) mass is 225 g/mol. The lowest BCUT2D eigenvalue weighted by molar-refractivity contribution is -0.138. The van der Waals surface area contributed by atoms with Crippen molar-refractivity contribution in [2.45, 2.75) is 51.5 Å². The predicted octanol–water partition coefficient (Wildman–Crippen LogP) is 1.86. The van der Waals surface area contributed by atoms with Crippen LogP contribution in [0, 0.1) is 0 Å². The van der Waals surface area contributed by atoms with E-state index >= 15 is 0 Å². The van der Waals surface area contributed by atoms with Gasteiger partial charge in [0.15, 0.2) is 0 Å². The summed E-state index contributed by atoms with van der Waals surface area (Å²) in [6.07, 6.45) is 6.69. The van der Waals surface area contributed by atoms with E-state index in [1.165, 1.54) is 18.4 Å². The molecule has 4 nitrogen and oxygen atoms in total. The molecule has 0 spiro atoms. The van der Waals surface area contributed by atoms with Crippen molar-refractivity contribution < 1.29 is 14.7 Å². The highest BCUT2D eigenvalue weighted by Gasteiger charge is 2.14. The van der Waals surface area contributed by atoms with Crippen molar-refractivity contribution in [3.05, 3.63) is 11.6 Å². The van der Waals surface area contributed by atoms with Gasteiger partial charge in [-0.1, -0.05) is 11.6 Å². The first-order valence-corrected chi connectivity index (χ1v) is 5.79. The third-order valence-corrected chi connectivity index (χ3v) is 2.83. The number of nitrogens with one attached hydrogen (secondary N) is 1. The zero-order chi connectivity index (χ0) is 12.0. The number of carboxylic acids is 1. The zero-order valence-corrected chi connectivity index (χ0v) is 9.66. The van der Waals surface area contributed by atoms with Crippen LogP contribution in [-0.4, -0.2) is 23.0 Å². The number of hydrogen-bond acceptors (Lipinski definition) is 2. The Morgan fingerprint density at radius 1 is 1.44 bits per heavy atom. The minimum atomic E-state index is -0.931. The highest BCUT2D eigenvalue weighted by Crippen LogP contribution is 2.20. The van der Waals surface area contributed by atoms with Gasteiger partial charge in [0.2, 0.25) is 5.91 Å². The molecule has 0 bridgehead atoms. The van der Waals surface area contributed by atoms with E-state index < -0.39 is 5.97 Å². The van der Waals surface area contributed by atoms with Crippen molar-refractivity contribution in [1.29, 1.82) is 0 Å². The van der Waals surface area contributed by atoms with E-state index in [1.807, 2.05) is 6.92 Å². The molecule has 0 aromatic rings. The molecule has 0 saturated heterocycles. The molecule has 2 N–H and O–H groups in total. The fourth-order valence-corrected chi connectivity index (χ4v) is 1.88. The summed E-state index contributed by atoms with van der Waals surface area (Å²) in [4.78, 5) is 21.7. The maximum Gasteiger partial charge on any atom is 0.303 e. The molecular weight excluding hydrogens is 206 g/mol. The Morgan fingerprint density at radius 2 is 2.19 bits per heavy atom. The molecule has 0 aromatic heterocycles. The number of carbonyl (C=O) groups is 2. The van der Waals surface area contributed by atoms with Gasteiger partial charge in [0.1, 0.15) is 0 Å². The van der Waals surface area contributed by atoms with Crippen LogP contribution in [0.25, 0.3) is 0 Å². The van der Waals surface area contributed by atoms with Gasteiger partial charge < -0.3 is 10.4 Å². The molecule has 0 unspecified atom stereocenters. The first-order valence-electron chi connectivity index (χ1n) is 5.79. The van der Waals surface area contributed by atoms with Crippen LogP contribution >= 0.6 is 0 Å². The van der Waals surface area contributed by atoms with E-state index in [9.17, 15) is 9.59 Å². The Hall–Kier alpha value is -1.32. The standard InChI is InChI=1S/C12H19NO3/c1-9(10-5-3-2-4-6-10)13-11(14)7-8-12(15)16/h5,9H,2-4,6-8H2,1H3,(H,13,14)(H,15,16)/t9-/m0/s1. The van der Waals surface area contributed by atoms with Crippen molar-refractivity contribution in [1.82, 2.24) is 5.32 Å². The highest BCUT2D eigenvalue weighted by atomic mass is 16.4. The van der Waals surface area contributed by atoms with Crippen molar-refractivity contribution in [3.8, 4) is 0 Å². The quantitative estimate of drug-likeness (QED) is 0.702. The number of aliphatic carboxylic acids is 1. The number of allylic oxidation sites excluding steroid dienone is 1. The molecule has 0 aromatic carbocycles. The van der Waals surface area contributed by atoms with Gasteiger partial charge in [0.25, 0.3) is 0 Å². The van der Waals surface area contributed by atoms with Gasteiger partial charge in [-0.05, 0) is 32.6 Å². The number of carboxylic acid groups (broad SMARTS) is 1. The number of hydrogen-bond donors (Lipinski definition) is 2. The van der Waals surface area contributed by atoms with Crippen LogP contribution < -0.4 is 5.32 Å². The molecule has 1 atom stereocenters. The van der Waals surface area contributed by atoms with E-state index in [4.69, 9.17) is 5.11 Å². The number of carbonyl (C=O) groups excluding carboxylic acids is 1. The Labute approximate surface area is 95.7 Å². The van der Waals surface area contributed by atoms with Crippen molar-refractivity contribution in [2.75, 3.05) is 0 Å². The molecule has 90 valence electrons. The number of rotatable bonds is 5. The highest BCUT2D eigenvalue weighted by molar-refractivity contribution is 5.81. The minimum absolute atomic E-state index is 0.0431. The van der Waals surface area contributed by atoms with Crippen molar-refractivity contribution >= 4 is 11.9 Å². The average molecular weight is 225 g/mol. The molecule has 0 fully saturated rings. The Morgan fingerprint density at radius 3 is 2.75 bits per heavy atom. The predicted molar refractivity (Wildman–Crippen MR) is 61.0 cm³/mol. The molecule has 1 amide bonds. The second-order valence-corrected chi connectivity index (χ2v) is 4.21. The summed E-state index contributed by atoms with van der Waals surface area (Å²) in [5, 5.41) is 11.3. The first kappa shape index (κ1) is 12.7. The van der Waals surface area contributed by atoms with E-state index in [-0.39, 0.29) is 24.8 Å². The van der Waals surface area contributed by atoms with Gasteiger partial charge in [-0.3, -0.25) is 9.59 Å². The first-order chi connectivity index (χ1) is 7.59. The molecule has 4 heteroatoms. The van der Waals surface area contributed by atoms with Gasteiger partial charge in [0, 0.05) is 12.5 Å². The summed E-state index contributed by atoms with van der Waals surface area (Å²) in [5.74, 6) is -1.11. The Bertz CT molecular complexity index is 297. The van der Waals surface area contributed by atoms with Gasteiger partial charge in [-0.15, -0.1) is 0 Å². The molecule has 0 heterocycles. The van der Waals surface area contributed by atoms with Gasteiger partial charge >= 0.3 is 5.97 Å². The molecule has 1 aliphatic carbocycles. The van der Waals surface area contributed by atoms with Crippen LogP contribution in [0.5, 0.6) is 0 Å². The Kier molecular flexibility index (Phi) is 5.02. The van der Waals surface area contributed by atoms with E-state index in [0.29, 0.717) is 0 Å². The fraction of sp³-hybridized carbons (Fsp3) is 0.667. The van der Waals surface area contributed by atoms with Crippen LogP contribution in [-0.2, 0) is 9.59 Å². The lowest BCUT2D eigenvalue weighted by Crippen LogP contribution is -2.34. The summed E-state index contributed by atoms with van der Waals surface area (Å²) in [6.45, 7) is 1.95. The lowest BCUT2D eigenvalue weighted by Gasteiger charge is -2.20. The maximum absolute atomic E-state index is 11.4. The summed E-state index contributed by atoms with van der Waals surface area (Å²) in [7, 11) is 0. The van der Waals surface area contributed by atoms with Crippen molar-refractivity contribution in [2.24, 2.45) is 0 Å². The molecule has 16 heavy (non-hydrogen) atoms. The average Bonchev–Trinajstić information content (AvgIpc) is 2.27. The van der Waals surface area contributed by atoms with Crippen LogP contribution in [0.1, 0.15) is 45.4 Å². The van der Waals surface area contributed by atoms with E-state index in [1.54, 1.807) is 0 Å². The van der Waals surface area contributed by atoms with Crippen LogP contribution in [0.15, 0.2) is 11.6 Å². The van der Waals surface area contributed by atoms with Gasteiger partial charge in [-0.25, -0.2) is 0 Å². The van der Waals surface area contributed by atoms with Crippen LogP contribution in [0.4, 0.5) is 0 Å². The minimum Gasteiger partial charge on any atom is -0.481 e. The second kappa shape index (κ2) is 6.30. The topological polar surface area (TPSA) is 66.4 Å². The van der Waals surface area contributed by atoms with Crippen LogP contribution in [0.2, 0.25) is 0 Å². The maximum atomic E-state index is 11.4. The largest absolute Gasteiger partial charge is 0.481 e. The molecule has 1 rings (SSSR count). The normalized spacial score (nSPS) is 17.4. The molecule has 0 aliphatic heterocycles. The number of amides is 1. The van der Waals surface area contributed by atoms with Crippen LogP contribution in [0.3, 0.4) is 0 Å². The lowest BCUT2D eigenvalue weighted by atomic mass is 9.94. The summed E-state index contributed by atoms with van der Waals surface area (Å²) in [5.41, 5.74) is 1.27. The zero-order valence-electron chi connectivity index (χ0n) is 9.66. The SMILES string of the molecule is C[C@H](NC(=O)CCC(=O)O)C1=CCCCC1. The molecule has 1 aliphatic rings. The second-order valence-electron chi connectivity index (χ2n) is 4.21.